The second-order valence-electron chi connectivity index (χ2n) is 7.88. The number of carbonyl (C=O) groups is 2. The minimum absolute atomic E-state index is 0.0582. The monoisotopic (exact) mass is 313 g/mol. The number of hydrogen-bond acceptors (Lipinski definition) is 2. The Labute approximate surface area is 136 Å². The first-order valence-corrected chi connectivity index (χ1v) is 8.65. The number of para-hydroxylation sites is 1. The van der Waals surface area contributed by atoms with Crippen molar-refractivity contribution in [2.24, 2.45) is 23.2 Å². The molecule has 0 unspecified atom stereocenters. The highest BCUT2D eigenvalue weighted by Crippen LogP contribution is 2.60. The second kappa shape index (κ2) is 5.36. The van der Waals surface area contributed by atoms with E-state index in [1.165, 1.54) is 19.3 Å². The summed E-state index contributed by atoms with van der Waals surface area (Å²) < 4.78 is 0. The van der Waals surface area contributed by atoms with E-state index in [0.29, 0.717) is 11.3 Å². The van der Waals surface area contributed by atoms with Gasteiger partial charge in [-0.05, 0) is 67.9 Å². The SMILES string of the molecule is O=C(O)Cc1ccccc1NC(=O)C12CC3CC(CC(C3)C1)C2. The molecule has 1 aromatic carbocycles. The first-order chi connectivity index (χ1) is 11.0. The molecule has 4 nitrogen and oxygen atoms in total. The van der Waals surface area contributed by atoms with Crippen LogP contribution in [0.5, 0.6) is 0 Å². The van der Waals surface area contributed by atoms with Crippen molar-refractivity contribution in [3.05, 3.63) is 29.8 Å². The third-order valence-corrected chi connectivity index (χ3v) is 6.13. The second-order valence-corrected chi connectivity index (χ2v) is 7.88. The van der Waals surface area contributed by atoms with E-state index < -0.39 is 5.97 Å². The highest BCUT2D eigenvalue weighted by molar-refractivity contribution is 5.96. The lowest BCUT2D eigenvalue weighted by Crippen LogP contribution is -2.51. The summed E-state index contributed by atoms with van der Waals surface area (Å²) >= 11 is 0. The molecule has 1 aromatic rings. The van der Waals surface area contributed by atoms with Gasteiger partial charge < -0.3 is 10.4 Å². The quantitative estimate of drug-likeness (QED) is 0.894. The van der Waals surface area contributed by atoms with E-state index in [1.54, 1.807) is 6.07 Å². The maximum atomic E-state index is 13.0. The van der Waals surface area contributed by atoms with Crippen LogP contribution >= 0.6 is 0 Å². The van der Waals surface area contributed by atoms with Gasteiger partial charge in [0, 0.05) is 5.69 Å². The van der Waals surface area contributed by atoms with Gasteiger partial charge in [0.25, 0.3) is 0 Å². The molecule has 23 heavy (non-hydrogen) atoms. The largest absolute Gasteiger partial charge is 0.481 e. The van der Waals surface area contributed by atoms with Crippen molar-refractivity contribution in [2.75, 3.05) is 5.32 Å². The molecular weight excluding hydrogens is 290 g/mol. The van der Waals surface area contributed by atoms with E-state index in [1.807, 2.05) is 18.2 Å². The molecule has 0 aliphatic heterocycles. The van der Waals surface area contributed by atoms with Crippen LogP contribution in [0.4, 0.5) is 5.69 Å². The first kappa shape index (κ1) is 14.7. The summed E-state index contributed by atoms with van der Waals surface area (Å²) in [5, 5.41) is 12.1. The molecule has 0 saturated heterocycles. The number of aliphatic carboxylic acids is 1. The highest BCUT2D eigenvalue weighted by Gasteiger charge is 2.54. The molecule has 0 spiro atoms. The van der Waals surface area contributed by atoms with Crippen molar-refractivity contribution >= 4 is 17.6 Å². The molecule has 0 atom stereocenters. The van der Waals surface area contributed by atoms with Crippen LogP contribution in [0, 0.1) is 23.2 Å². The fourth-order valence-corrected chi connectivity index (χ4v) is 5.60. The number of carboxylic acids is 1. The average Bonchev–Trinajstić information content (AvgIpc) is 2.47. The van der Waals surface area contributed by atoms with Gasteiger partial charge in [-0.1, -0.05) is 18.2 Å². The van der Waals surface area contributed by atoms with Crippen LogP contribution in [0.15, 0.2) is 24.3 Å². The third-order valence-electron chi connectivity index (χ3n) is 6.13. The number of rotatable bonds is 4. The van der Waals surface area contributed by atoms with Gasteiger partial charge in [-0.2, -0.15) is 0 Å². The van der Waals surface area contributed by atoms with Crippen molar-refractivity contribution in [1.82, 2.24) is 0 Å². The zero-order valence-corrected chi connectivity index (χ0v) is 13.3. The van der Waals surface area contributed by atoms with Crippen LogP contribution in [0.3, 0.4) is 0 Å². The zero-order chi connectivity index (χ0) is 16.0. The Hall–Kier alpha value is -1.84. The average molecular weight is 313 g/mol. The van der Waals surface area contributed by atoms with Crippen LogP contribution in [-0.2, 0) is 16.0 Å². The third kappa shape index (κ3) is 2.64. The molecule has 2 N–H and O–H groups in total. The number of hydrogen-bond donors (Lipinski definition) is 2. The molecule has 0 aromatic heterocycles. The maximum Gasteiger partial charge on any atom is 0.307 e. The lowest BCUT2D eigenvalue weighted by molar-refractivity contribution is -0.140. The molecule has 4 aliphatic rings. The van der Waals surface area contributed by atoms with E-state index in [2.05, 4.69) is 5.32 Å². The Morgan fingerprint density at radius 2 is 1.61 bits per heavy atom. The number of anilines is 1. The molecule has 1 amide bonds. The summed E-state index contributed by atoms with van der Waals surface area (Å²) in [5.41, 5.74) is 1.14. The van der Waals surface area contributed by atoms with Gasteiger partial charge in [-0.15, -0.1) is 0 Å². The van der Waals surface area contributed by atoms with E-state index in [9.17, 15) is 9.59 Å². The van der Waals surface area contributed by atoms with Crippen molar-refractivity contribution in [3.63, 3.8) is 0 Å². The molecule has 5 rings (SSSR count). The summed E-state index contributed by atoms with van der Waals surface area (Å²) in [6.07, 6.45) is 6.92. The molecular formula is C19H23NO3. The molecule has 4 bridgehead atoms. The minimum Gasteiger partial charge on any atom is -0.481 e. The molecule has 4 saturated carbocycles. The fourth-order valence-electron chi connectivity index (χ4n) is 5.60. The van der Waals surface area contributed by atoms with Gasteiger partial charge >= 0.3 is 5.97 Å². The lowest BCUT2D eigenvalue weighted by atomic mass is 9.49. The summed E-state index contributed by atoms with van der Waals surface area (Å²) in [6.45, 7) is 0. The predicted molar refractivity (Wildman–Crippen MR) is 87.0 cm³/mol. The highest BCUT2D eigenvalue weighted by atomic mass is 16.4. The molecule has 0 heterocycles. The van der Waals surface area contributed by atoms with Crippen LogP contribution in [-0.4, -0.2) is 17.0 Å². The number of nitrogens with one attached hydrogen (secondary N) is 1. The van der Waals surface area contributed by atoms with Gasteiger partial charge in [-0.25, -0.2) is 0 Å². The molecule has 0 radical (unpaired) electrons. The Morgan fingerprint density at radius 1 is 1.04 bits per heavy atom. The minimum atomic E-state index is -0.874. The lowest BCUT2D eigenvalue weighted by Gasteiger charge is -2.55. The van der Waals surface area contributed by atoms with Gasteiger partial charge in [0.2, 0.25) is 5.91 Å². The van der Waals surface area contributed by atoms with E-state index in [4.69, 9.17) is 5.11 Å². The van der Waals surface area contributed by atoms with Crippen LogP contribution in [0.1, 0.15) is 44.1 Å². The van der Waals surface area contributed by atoms with Crippen LogP contribution < -0.4 is 5.32 Å². The van der Waals surface area contributed by atoms with E-state index in [0.717, 1.165) is 37.0 Å². The number of benzene rings is 1. The molecule has 122 valence electrons. The van der Waals surface area contributed by atoms with Crippen LogP contribution in [0.2, 0.25) is 0 Å². The van der Waals surface area contributed by atoms with Crippen molar-refractivity contribution in [3.8, 4) is 0 Å². The van der Waals surface area contributed by atoms with Crippen molar-refractivity contribution < 1.29 is 14.7 Å². The Balaban J connectivity index is 1.56. The van der Waals surface area contributed by atoms with E-state index in [-0.39, 0.29) is 17.7 Å². The van der Waals surface area contributed by atoms with Crippen LogP contribution in [0.25, 0.3) is 0 Å². The number of amides is 1. The Bertz CT molecular complexity index is 616. The molecule has 4 heteroatoms. The molecule has 4 fully saturated rings. The Kier molecular flexibility index (Phi) is 3.43. The first-order valence-electron chi connectivity index (χ1n) is 8.65. The smallest absolute Gasteiger partial charge is 0.307 e. The van der Waals surface area contributed by atoms with Crippen molar-refractivity contribution in [1.29, 1.82) is 0 Å². The van der Waals surface area contributed by atoms with Gasteiger partial charge in [0.05, 0.1) is 11.8 Å². The van der Waals surface area contributed by atoms with Gasteiger partial charge in [-0.3, -0.25) is 9.59 Å². The zero-order valence-electron chi connectivity index (χ0n) is 13.3. The van der Waals surface area contributed by atoms with Gasteiger partial charge in [0.1, 0.15) is 0 Å². The fraction of sp³-hybridized carbons (Fsp3) is 0.579. The topological polar surface area (TPSA) is 66.4 Å². The predicted octanol–water partition coefficient (Wildman–Crippen LogP) is 3.47. The summed E-state index contributed by atoms with van der Waals surface area (Å²) in [6, 6.07) is 7.26. The van der Waals surface area contributed by atoms with Gasteiger partial charge in [0.15, 0.2) is 0 Å². The Morgan fingerprint density at radius 3 is 2.17 bits per heavy atom. The number of carbonyl (C=O) groups excluding carboxylic acids is 1. The standard InChI is InChI=1S/C19H23NO3/c21-17(22)8-15-3-1-2-4-16(15)20-18(23)19-9-12-5-13(10-19)7-14(6-12)11-19/h1-4,12-14H,5-11H2,(H,20,23)(H,21,22). The molecule has 4 aliphatic carbocycles. The summed E-state index contributed by atoms with van der Waals surface area (Å²) in [4.78, 5) is 24.1. The summed E-state index contributed by atoms with van der Waals surface area (Å²) in [7, 11) is 0. The summed E-state index contributed by atoms with van der Waals surface area (Å²) in [5.74, 6) is 1.42. The van der Waals surface area contributed by atoms with E-state index >= 15 is 0 Å². The normalized spacial score (nSPS) is 34.3. The maximum absolute atomic E-state index is 13.0. The number of carboxylic acid groups (broad SMARTS) is 1. The van der Waals surface area contributed by atoms with Crippen molar-refractivity contribution in [2.45, 2.75) is 44.9 Å².